The van der Waals surface area contributed by atoms with Crippen molar-refractivity contribution in [3.63, 3.8) is 0 Å². The molecule has 2 nitrogen and oxygen atoms in total. The number of hydrogen-bond donors (Lipinski definition) is 2. The molecule has 0 aliphatic carbocycles. The van der Waals surface area contributed by atoms with Crippen molar-refractivity contribution in [3.05, 3.63) is 53.6 Å². The molecule has 1 atom stereocenters. The molecule has 2 rings (SSSR count). The highest BCUT2D eigenvalue weighted by atomic mass is 14.9. The normalized spacial score (nSPS) is 12.3. The zero-order chi connectivity index (χ0) is 16.1. The lowest BCUT2D eigenvalue weighted by molar-refractivity contribution is 0.540. The van der Waals surface area contributed by atoms with Gasteiger partial charge in [-0.25, -0.2) is 0 Å². The molecule has 1 unspecified atom stereocenters. The summed E-state index contributed by atoms with van der Waals surface area (Å²) in [5.74, 6) is 0.714. The highest BCUT2D eigenvalue weighted by Gasteiger charge is 2.06. The first-order valence-corrected chi connectivity index (χ1v) is 8.15. The first-order chi connectivity index (χ1) is 10.4. The number of anilines is 3. The third-order valence-corrected chi connectivity index (χ3v) is 3.80. The number of rotatable bonds is 6. The van der Waals surface area contributed by atoms with Gasteiger partial charge in [-0.2, -0.15) is 0 Å². The van der Waals surface area contributed by atoms with Crippen molar-refractivity contribution in [3.8, 4) is 0 Å². The maximum absolute atomic E-state index is 3.58. The molecule has 0 radical (unpaired) electrons. The van der Waals surface area contributed by atoms with Gasteiger partial charge in [0.15, 0.2) is 0 Å². The fourth-order valence-corrected chi connectivity index (χ4v) is 2.74. The van der Waals surface area contributed by atoms with E-state index in [4.69, 9.17) is 0 Å². The molecule has 0 heterocycles. The molecule has 22 heavy (non-hydrogen) atoms. The molecule has 0 amide bonds. The molecule has 2 aromatic carbocycles. The molecule has 0 aliphatic heterocycles. The summed E-state index contributed by atoms with van der Waals surface area (Å²) in [5.41, 5.74) is 6.01. The zero-order valence-electron chi connectivity index (χ0n) is 14.4. The Balaban J connectivity index is 2.04. The van der Waals surface area contributed by atoms with E-state index in [-0.39, 0.29) is 0 Å². The SMILES string of the molecule is Cc1ccc(Nc2ccc(NC(C)CC(C)C)cc2C)cc1. The van der Waals surface area contributed by atoms with Crippen LogP contribution in [-0.4, -0.2) is 6.04 Å². The summed E-state index contributed by atoms with van der Waals surface area (Å²) < 4.78 is 0. The molecule has 0 saturated carbocycles. The van der Waals surface area contributed by atoms with Crippen molar-refractivity contribution in [1.82, 2.24) is 0 Å². The second kappa shape index (κ2) is 7.35. The van der Waals surface area contributed by atoms with E-state index in [0.717, 1.165) is 11.4 Å². The van der Waals surface area contributed by atoms with E-state index >= 15 is 0 Å². The van der Waals surface area contributed by atoms with Crippen molar-refractivity contribution in [2.45, 2.75) is 47.1 Å². The summed E-state index contributed by atoms with van der Waals surface area (Å²) in [5, 5.41) is 7.07. The highest BCUT2D eigenvalue weighted by Crippen LogP contribution is 2.24. The van der Waals surface area contributed by atoms with Crippen LogP contribution in [0.25, 0.3) is 0 Å². The van der Waals surface area contributed by atoms with Crippen molar-refractivity contribution in [1.29, 1.82) is 0 Å². The number of nitrogens with one attached hydrogen (secondary N) is 2. The van der Waals surface area contributed by atoms with Crippen LogP contribution in [0, 0.1) is 19.8 Å². The predicted octanol–water partition coefficient (Wildman–Crippen LogP) is 5.89. The summed E-state index contributed by atoms with van der Waals surface area (Å²) in [6, 6.07) is 15.5. The van der Waals surface area contributed by atoms with E-state index in [1.54, 1.807) is 0 Å². The average Bonchev–Trinajstić information content (AvgIpc) is 2.43. The van der Waals surface area contributed by atoms with Gasteiger partial charge in [-0.3, -0.25) is 0 Å². The largest absolute Gasteiger partial charge is 0.383 e. The summed E-state index contributed by atoms with van der Waals surface area (Å²) in [4.78, 5) is 0. The van der Waals surface area contributed by atoms with Crippen molar-refractivity contribution in [2.75, 3.05) is 10.6 Å². The maximum Gasteiger partial charge on any atom is 0.0415 e. The molecular formula is C20H28N2. The van der Waals surface area contributed by atoms with Gasteiger partial charge in [0.05, 0.1) is 0 Å². The van der Waals surface area contributed by atoms with E-state index in [1.165, 1.54) is 23.2 Å². The molecule has 2 N–H and O–H groups in total. The lowest BCUT2D eigenvalue weighted by Gasteiger charge is -2.18. The van der Waals surface area contributed by atoms with Crippen LogP contribution in [0.1, 0.15) is 38.3 Å². The summed E-state index contributed by atoms with van der Waals surface area (Å²) in [6.07, 6.45) is 1.18. The van der Waals surface area contributed by atoms with Gasteiger partial charge in [0.1, 0.15) is 0 Å². The molecule has 0 aromatic heterocycles. The van der Waals surface area contributed by atoms with Gasteiger partial charge in [0.25, 0.3) is 0 Å². The minimum atomic E-state index is 0.496. The van der Waals surface area contributed by atoms with Crippen LogP contribution < -0.4 is 10.6 Å². The standard InChI is InChI=1S/C20H28N2/c1-14(2)12-17(5)21-19-10-11-20(16(4)13-19)22-18-8-6-15(3)7-9-18/h6-11,13-14,17,21-22H,12H2,1-5H3. The van der Waals surface area contributed by atoms with E-state index in [9.17, 15) is 0 Å². The Morgan fingerprint density at radius 2 is 1.50 bits per heavy atom. The molecule has 2 aromatic rings. The van der Waals surface area contributed by atoms with Gasteiger partial charge in [0, 0.05) is 23.1 Å². The fourth-order valence-electron chi connectivity index (χ4n) is 2.74. The Bertz CT molecular complexity index is 600. The minimum absolute atomic E-state index is 0.496. The summed E-state index contributed by atoms with van der Waals surface area (Å²) in [6.45, 7) is 11.0. The first-order valence-electron chi connectivity index (χ1n) is 8.15. The third-order valence-electron chi connectivity index (χ3n) is 3.80. The minimum Gasteiger partial charge on any atom is -0.383 e. The molecular weight excluding hydrogens is 268 g/mol. The van der Waals surface area contributed by atoms with Gasteiger partial charge in [0.2, 0.25) is 0 Å². The van der Waals surface area contributed by atoms with Gasteiger partial charge in [-0.15, -0.1) is 0 Å². The topological polar surface area (TPSA) is 24.1 Å². The Hall–Kier alpha value is -1.96. The lowest BCUT2D eigenvalue weighted by Crippen LogP contribution is -2.17. The molecule has 0 bridgehead atoms. The van der Waals surface area contributed by atoms with Gasteiger partial charge in [-0.1, -0.05) is 31.5 Å². The van der Waals surface area contributed by atoms with Crippen LogP contribution in [0.5, 0.6) is 0 Å². The molecule has 0 spiro atoms. The van der Waals surface area contributed by atoms with Crippen molar-refractivity contribution >= 4 is 17.1 Å². The smallest absolute Gasteiger partial charge is 0.0415 e. The van der Waals surface area contributed by atoms with Crippen LogP contribution in [0.3, 0.4) is 0 Å². The molecule has 118 valence electrons. The second-order valence-electron chi connectivity index (χ2n) is 6.70. The average molecular weight is 296 g/mol. The van der Waals surface area contributed by atoms with Crippen molar-refractivity contribution in [2.24, 2.45) is 5.92 Å². The second-order valence-corrected chi connectivity index (χ2v) is 6.70. The number of hydrogen-bond acceptors (Lipinski definition) is 2. The van der Waals surface area contributed by atoms with Gasteiger partial charge in [-0.05, 0) is 69.0 Å². The fraction of sp³-hybridized carbons (Fsp3) is 0.400. The maximum atomic E-state index is 3.58. The molecule has 2 heteroatoms. The Kier molecular flexibility index (Phi) is 5.48. The van der Waals surface area contributed by atoms with Crippen molar-refractivity contribution < 1.29 is 0 Å². The Labute approximate surface area is 135 Å². The van der Waals surface area contributed by atoms with E-state index in [0.29, 0.717) is 12.0 Å². The van der Waals surface area contributed by atoms with Gasteiger partial charge >= 0.3 is 0 Å². The molecule has 0 saturated heterocycles. The van der Waals surface area contributed by atoms with E-state index in [2.05, 4.69) is 87.7 Å². The Morgan fingerprint density at radius 3 is 2.09 bits per heavy atom. The third kappa shape index (κ3) is 4.80. The Morgan fingerprint density at radius 1 is 0.864 bits per heavy atom. The van der Waals surface area contributed by atoms with Crippen LogP contribution >= 0.6 is 0 Å². The van der Waals surface area contributed by atoms with E-state index < -0.39 is 0 Å². The molecule has 0 fully saturated rings. The van der Waals surface area contributed by atoms with Crippen LogP contribution in [-0.2, 0) is 0 Å². The van der Waals surface area contributed by atoms with Crippen LogP contribution in [0.2, 0.25) is 0 Å². The monoisotopic (exact) mass is 296 g/mol. The number of benzene rings is 2. The van der Waals surface area contributed by atoms with Crippen LogP contribution in [0.4, 0.5) is 17.1 Å². The number of aryl methyl sites for hydroxylation is 2. The quantitative estimate of drug-likeness (QED) is 0.694. The van der Waals surface area contributed by atoms with E-state index in [1.807, 2.05) is 0 Å². The summed E-state index contributed by atoms with van der Waals surface area (Å²) in [7, 11) is 0. The first kappa shape index (κ1) is 16.4. The van der Waals surface area contributed by atoms with Crippen LogP contribution in [0.15, 0.2) is 42.5 Å². The highest BCUT2D eigenvalue weighted by molar-refractivity contribution is 5.66. The zero-order valence-corrected chi connectivity index (χ0v) is 14.4. The lowest BCUT2D eigenvalue weighted by atomic mass is 10.0. The summed E-state index contributed by atoms with van der Waals surface area (Å²) >= 11 is 0. The molecule has 0 aliphatic rings. The van der Waals surface area contributed by atoms with Gasteiger partial charge < -0.3 is 10.6 Å². The predicted molar refractivity (Wildman–Crippen MR) is 98.2 cm³/mol.